The molecule has 0 aliphatic heterocycles. The first-order valence-electron chi connectivity index (χ1n) is 8.89. The second-order valence-corrected chi connectivity index (χ2v) is 6.41. The number of rotatable bonds is 6. The van der Waals surface area contributed by atoms with Crippen molar-refractivity contribution >= 4 is 18.4 Å². The molecule has 0 heterocycles. The highest BCUT2D eigenvalue weighted by Gasteiger charge is 2.35. The van der Waals surface area contributed by atoms with Crippen molar-refractivity contribution in [1.82, 2.24) is 0 Å². The van der Waals surface area contributed by atoms with Crippen LogP contribution in [0.2, 0.25) is 0 Å². The third-order valence-electron chi connectivity index (χ3n) is 4.74. The highest BCUT2D eigenvalue weighted by atomic mass is 35.5. The molecular weight excluding hydrogens is 370 g/mol. The zero-order valence-electron chi connectivity index (χ0n) is 15.7. The summed E-state index contributed by atoms with van der Waals surface area (Å²) in [6.45, 7) is 5.32. The minimum Gasteiger partial charge on any atom is -0.455 e. The zero-order chi connectivity index (χ0) is 19.3. The van der Waals surface area contributed by atoms with E-state index in [9.17, 15) is 4.79 Å². The lowest BCUT2D eigenvalue weighted by molar-refractivity contribution is -0.142. The Morgan fingerprint density at radius 1 is 0.929 bits per heavy atom. The van der Waals surface area contributed by atoms with Gasteiger partial charge in [-0.25, -0.2) is 4.79 Å². The van der Waals surface area contributed by atoms with Crippen molar-refractivity contribution in [1.29, 1.82) is 0 Å². The SMILES string of the molecule is C=CC(=O)OC(C)c1ccccc1C(N)(c1ccccc1)c1ccccc1.Cl. The first kappa shape index (κ1) is 21.4. The molecule has 0 aromatic heterocycles. The fourth-order valence-corrected chi connectivity index (χ4v) is 3.38. The lowest BCUT2D eigenvalue weighted by Crippen LogP contribution is -2.40. The van der Waals surface area contributed by atoms with Crippen molar-refractivity contribution in [2.75, 3.05) is 0 Å². The molecular formula is C24H24ClNO2. The van der Waals surface area contributed by atoms with Gasteiger partial charge in [-0.05, 0) is 29.2 Å². The van der Waals surface area contributed by atoms with Crippen LogP contribution in [-0.2, 0) is 15.1 Å². The highest BCUT2D eigenvalue weighted by Crippen LogP contribution is 2.38. The third kappa shape index (κ3) is 4.16. The molecule has 2 N–H and O–H groups in total. The van der Waals surface area contributed by atoms with Crippen molar-refractivity contribution < 1.29 is 9.53 Å². The average molecular weight is 394 g/mol. The molecule has 0 saturated heterocycles. The van der Waals surface area contributed by atoms with E-state index in [1.807, 2.05) is 91.9 Å². The summed E-state index contributed by atoms with van der Waals surface area (Å²) < 4.78 is 5.48. The lowest BCUT2D eigenvalue weighted by atomic mass is 9.75. The van der Waals surface area contributed by atoms with Gasteiger partial charge in [-0.15, -0.1) is 12.4 Å². The van der Waals surface area contributed by atoms with Crippen LogP contribution >= 0.6 is 12.4 Å². The third-order valence-corrected chi connectivity index (χ3v) is 4.74. The van der Waals surface area contributed by atoms with Gasteiger partial charge in [0.05, 0.1) is 5.54 Å². The smallest absolute Gasteiger partial charge is 0.330 e. The normalized spacial score (nSPS) is 11.8. The Labute approximate surface area is 172 Å². The molecule has 3 rings (SSSR count). The minimum absolute atomic E-state index is 0. The van der Waals surface area contributed by atoms with E-state index in [2.05, 4.69) is 6.58 Å². The van der Waals surface area contributed by atoms with Gasteiger partial charge in [-0.1, -0.05) is 91.5 Å². The van der Waals surface area contributed by atoms with Crippen LogP contribution in [0.5, 0.6) is 0 Å². The molecule has 0 fully saturated rings. The maximum absolute atomic E-state index is 11.7. The van der Waals surface area contributed by atoms with Gasteiger partial charge in [-0.2, -0.15) is 0 Å². The molecule has 28 heavy (non-hydrogen) atoms. The molecule has 3 nitrogen and oxygen atoms in total. The summed E-state index contributed by atoms with van der Waals surface area (Å²) in [6.07, 6.45) is 0.713. The number of nitrogens with two attached hydrogens (primary N) is 1. The Morgan fingerprint density at radius 3 is 1.89 bits per heavy atom. The number of esters is 1. The second kappa shape index (κ2) is 9.36. The molecule has 1 unspecified atom stereocenters. The summed E-state index contributed by atoms with van der Waals surface area (Å²) in [4.78, 5) is 11.7. The van der Waals surface area contributed by atoms with Gasteiger partial charge in [0.2, 0.25) is 0 Å². The summed E-state index contributed by atoms with van der Waals surface area (Å²) >= 11 is 0. The average Bonchev–Trinajstić information content (AvgIpc) is 2.74. The number of carbonyl (C=O) groups is 1. The number of hydrogen-bond donors (Lipinski definition) is 1. The molecule has 4 heteroatoms. The molecule has 144 valence electrons. The Morgan fingerprint density at radius 2 is 1.39 bits per heavy atom. The zero-order valence-corrected chi connectivity index (χ0v) is 16.6. The molecule has 0 aliphatic carbocycles. The van der Waals surface area contributed by atoms with Crippen LogP contribution in [0, 0.1) is 0 Å². The van der Waals surface area contributed by atoms with E-state index < -0.39 is 17.6 Å². The van der Waals surface area contributed by atoms with Crippen LogP contribution in [0.15, 0.2) is 97.6 Å². The first-order chi connectivity index (χ1) is 13.1. The van der Waals surface area contributed by atoms with Gasteiger partial charge >= 0.3 is 5.97 Å². The highest BCUT2D eigenvalue weighted by molar-refractivity contribution is 5.85. The maximum atomic E-state index is 11.7. The molecule has 3 aromatic carbocycles. The molecule has 3 aromatic rings. The topological polar surface area (TPSA) is 52.3 Å². The summed E-state index contributed by atoms with van der Waals surface area (Å²) in [7, 11) is 0. The van der Waals surface area contributed by atoms with E-state index in [4.69, 9.17) is 10.5 Å². The first-order valence-corrected chi connectivity index (χ1v) is 8.89. The molecule has 1 atom stereocenters. The summed E-state index contributed by atoms with van der Waals surface area (Å²) in [5.41, 5.74) is 9.91. The largest absolute Gasteiger partial charge is 0.455 e. The Kier molecular flexibility index (Phi) is 7.16. The molecule has 0 radical (unpaired) electrons. The predicted molar refractivity (Wildman–Crippen MR) is 115 cm³/mol. The molecule has 0 aliphatic rings. The van der Waals surface area contributed by atoms with Gasteiger partial charge in [0, 0.05) is 6.08 Å². The summed E-state index contributed by atoms with van der Waals surface area (Å²) in [6, 6.07) is 27.7. The summed E-state index contributed by atoms with van der Waals surface area (Å²) in [5.74, 6) is -0.459. The van der Waals surface area contributed by atoms with Crippen molar-refractivity contribution in [2.45, 2.75) is 18.6 Å². The van der Waals surface area contributed by atoms with Gasteiger partial charge in [0.1, 0.15) is 6.10 Å². The fraction of sp³-hybridized carbons (Fsp3) is 0.125. The van der Waals surface area contributed by atoms with Gasteiger partial charge in [0.15, 0.2) is 0 Å². The van der Waals surface area contributed by atoms with Crippen LogP contribution in [0.1, 0.15) is 35.3 Å². The van der Waals surface area contributed by atoms with E-state index >= 15 is 0 Å². The Bertz CT molecular complexity index is 886. The molecule has 0 amide bonds. The minimum atomic E-state index is -0.881. The monoisotopic (exact) mass is 393 g/mol. The lowest BCUT2D eigenvalue weighted by Gasteiger charge is -2.34. The standard InChI is InChI=1S/C24H23NO2.ClH/c1-3-23(26)27-18(2)21-16-10-11-17-22(21)24(25,19-12-6-4-7-13-19)20-14-8-5-9-15-20;/h3-18H,1,25H2,2H3;1H. The quantitative estimate of drug-likeness (QED) is 0.358. The van der Waals surface area contributed by atoms with Crippen LogP contribution in [0.25, 0.3) is 0 Å². The maximum Gasteiger partial charge on any atom is 0.330 e. The van der Waals surface area contributed by atoms with E-state index in [-0.39, 0.29) is 12.4 Å². The molecule has 0 spiro atoms. The van der Waals surface area contributed by atoms with Gasteiger partial charge < -0.3 is 10.5 Å². The van der Waals surface area contributed by atoms with Crippen molar-refractivity contribution in [2.24, 2.45) is 5.73 Å². The van der Waals surface area contributed by atoms with Crippen LogP contribution < -0.4 is 5.73 Å². The van der Waals surface area contributed by atoms with Crippen molar-refractivity contribution in [3.63, 3.8) is 0 Å². The second-order valence-electron chi connectivity index (χ2n) is 6.41. The molecule has 0 bridgehead atoms. The predicted octanol–water partition coefficient (Wildman–Crippen LogP) is 5.15. The van der Waals surface area contributed by atoms with E-state index in [1.54, 1.807) is 0 Å². The molecule has 0 saturated carbocycles. The van der Waals surface area contributed by atoms with Crippen molar-refractivity contribution in [3.05, 3.63) is 120 Å². The number of ether oxygens (including phenoxy) is 1. The van der Waals surface area contributed by atoms with E-state index in [1.165, 1.54) is 6.08 Å². The fourth-order valence-electron chi connectivity index (χ4n) is 3.38. The number of halogens is 1. The Balaban J connectivity index is 0.00000280. The van der Waals surface area contributed by atoms with Crippen LogP contribution in [0.3, 0.4) is 0 Å². The number of benzene rings is 3. The van der Waals surface area contributed by atoms with E-state index in [0.29, 0.717) is 0 Å². The van der Waals surface area contributed by atoms with E-state index in [0.717, 1.165) is 22.3 Å². The number of hydrogen-bond acceptors (Lipinski definition) is 3. The summed E-state index contributed by atoms with van der Waals surface area (Å²) in [5, 5.41) is 0. The number of carbonyl (C=O) groups excluding carboxylic acids is 1. The van der Waals surface area contributed by atoms with Crippen LogP contribution in [0.4, 0.5) is 0 Å². The van der Waals surface area contributed by atoms with Crippen LogP contribution in [-0.4, -0.2) is 5.97 Å². The Hall–Kier alpha value is -2.88. The van der Waals surface area contributed by atoms with Crippen molar-refractivity contribution in [3.8, 4) is 0 Å². The van der Waals surface area contributed by atoms with Gasteiger partial charge in [-0.3, -0.25) is 0 Å². The van der Waals surface area contributed by atoms with Gasteiger partial charge in [0.25, 0.3) is 0 Å².